The van der Waals surface area contributed by atoms with E-state index in [4.69, 9.17) is 4.52 Å². The molecule has 24 heavy (non-hydrogen) atoms. The van der Waals surface area contributed by atoms with Gasteiger partial charge < -0.3 is 9.84 Å². The first-order valence-electron chi connectivity index (χ1n) is 7.67. The maximum Gasteiger partial charge on any atom is 0.277 e. The minimum atomic E-state index is -0.262. The predicted octanol–water partition coefficient (Wildman–Crippen LogP) is 2.58. The molecular weight excluding hydrogens is 329 g/mol. The average molecular weight is 345 g/mol. The van der Waals surface area contributed by atoms with Crippen LogP contribution in [0.25, 0.3) is 22.2 Å². The second kappa shape index (κ2) is 6.39. The monoisotopic (exact) mass is 345 g/mol. The zero-order chi connectivity index (χ0) is 16.5. The number of benzene rings is 1. The Hall–Kier alpha value is -2.16. The number of nitrogens with zero attached hydrogens (tertiary/aromatic N) is 4. The van der Waals surface area contributed by atoms with E-state index >= 15 is 0 Å². The van der Waals surface area contributed by atoms with Crippen LogP contribution in [0, 0.1) is 5.82 Å². The lowest BCUT2D eigenvalue weighted by Crippen LogP contribution is -2.44. The summed E-state index contributed by atoms with van der Waals surface area (Å²) >= 11 is 1.46. The van der Waals surface area contributed by atoms with Gasteiger partial charge in [0.2, 0.25) is 0 Å². The molecule has 3 heterocycles. The third-order valence-corrected chi connectivity index (χ3v) is 4.96. The van der Waals surface area contributed by atoms with Crippen LogP contribution in [0.4, 0.5) is 4.39 Å². The fourth-order valence-electron chi connectivity index (χ4n) is 2.67. The molecule has 8 heteroatoms. The van der Waals surface area contributed by atoms with Crippen molar-refractivity contribution >= 4 is 11.3 Å². The zero-order valence-electron chi connectivity index (χ0n) is 13.1. The number of aromatic nitrogens is 3. The highest BCUT2D eigenvalue weighted by Gasteiger charge is 2.26. The molecule has 0 radical (unpaired) electrons. The molecule has 124 valence electrons. The van der Waals surface area contributed by atoms with Crippen molar-refractivity contribution in [1.29, 1.82) is 0 Å². The molecule has 3 aromatic rings. The van der Waals surface area contributed by atoms with Crippen molar-refractivity contribution in [2.75, 3.05) is 26.7 Å². The molecule has 1 N–H and O–H groups in total. The first-order valence-corrected chi connectivity index (χ1v) is 8.55. The van der Waals surface area contributed by atoms with Crippen molar-refractivity contribution in [2.45, 2.75) is 6.04 Å². The maximum atomic E-state index is 13.0. The SMILES string of the molecule is CN1CCNCC1c1noc(-c2csc(-c3ccc(F)cc3)n2)n1. The zero-order valence-corrected chi connectivity index (χ0v) is 13.9. The molecule has 2 aromatic heterocycles. The van der Waals surface area contributed by atoms with Gasteiger partial charge in [0.15, 0.2) is 5.82 Å². The Labute approximate surface area is 142 Å². The van der Waals surface area contributed by atoms with E-state index in [1.807, 2.05) is 5.38 Å². The first-order chi connectivity index (χ1) is 11.7. The molecule has 1 aliphatic heterocycles. The molecule has 1 atom stereocenters. The van der Waals surface area contributed by atoms with Gasteiger partial charge in [-0.2, -0.15) is 4.98 Å². The molecule has 1 fully saturated rings. The van der Waals surface area contributed by atoms with Crippen molar-refractivity contribution in [1.82, 2.24) is 25.3 Å². The topological polar surface area (TPSA) is 67.1 Å². The Morgan fingerprint density at radius 1 is 1.29 bits per heavy atom. The molecule has 1 aliphatic rings. The number of hydrogen-bond donors (Lipinski definition) is 1. The Morgan fingerprint density at radius 3 is 2.92 bits per heavy atom. The molecule has 0 saturated carbocycles. The van der Waals surface area contributed by atoms with Gasteiger partial charge in [-0.15, -0.1) is 11.3 Å². The summed E-state index contributed by atoms with van der Waals surface area (Å²) in [7, 11) is 2.05. The van der Waals surface area contributed by atoms with Crippen LogP contribution in [0.2, 0.25) is 0 Å². The van der Waals surface area contributed by atoms with Crippen molar-refractivity contribution in [3.63, 3.8) is 0 Å². The van der Waals surface area contributed by atoms with E-state index in [0.29, 0.717) is 17.4 Å². The van der Waals surface area contributed by atoms with Gasteiger partial charge in [-0.05, 0) is 31.3 Å². The normalized spacial score (nSPS) is 18.8. The van der Waals surface area contributed by atoms with Gasteiger partial charge in [0, 0.05) is 30.6 Å². The number of rotatable bonds is 3. The van der Waals surface area contributed by atoms with Crippen LogP contribution in [-0.4, -0.2) is 46.7 Å². The van der Waals surface area contributed by atoms with Gasteiger partial charge in [0.25, 0.3) is 5.89 Å². The second-order valence-electron chi connectivity index (χ2n) is 5.70. The van der Waals surface area contributed by atoms with Crippen molar-refractivity contribution in [3.05, 3.63) is 41.3 Å². The third kappa shape index (κ3) is 2.95. The molecule has 1 aromatic carbocycles. The fourth-order valence-corrected chi connectivity index (χ4v) is 3.47. The smallest absolute Gasteiger partial charge is 0.277 e. The lowest BCUT2D eigenvalue weighted by Gasteiger charge is -2.30. The fraction of sp³-hybridized carbons (Fsp3) is 0.312. The minimum absolute atomic E-state index is 0.103. The number of thiazole rings is 1. The van der Waals surface area contributed by atoms with Crippen LogP contribution < -0.4 is 5.32 Å². The molecule has 6 nitrogen and oxygen atoms in total. The molecule has 0 spiro atoms. The van der Waals surface area contributed by atoms with Crippen molar-refractivity contribution < 1.29 is 8.91 Å². The highest BCUT2D eigenvalue weighted by atomic mass is 32.1. The van der Waals surface area contributed by atoms with E-state index in [9.17, 15) is 4.39 Å². The minimum Gasteiger partial charge on any atom is -0.332 e. The van der Waals surface area contributed by atoms with Gasteiger partial charge in [-0.3, -0.25) is 4.90 Å². The van der Waals surface area contributed by atoms with Crippen LogP contribution in [-0.2, 0) is 0 Å². The molecule has 0 amide bonds. The van der Waals surface area contributed by atoms with Gasteiger partial charge >= 0.3 is 0 Å². The van der Waals surface area contributed by atoms with Crippen molar-refractivity contribution in [2.24, 2.45) is 0 Å². The van der Waals surface area contributed by atoms with E-state index < -0.39 is 0 Å². The van der Waals surface area contributed by atoms with Crippen LogP contribution in [0.3, 0.4) is 0 Å². The number of piperazine rings is 1. The molecule has 1 saturated heterocycles. The molecular formula is C16H16FN5OS. The summed E-state index contributed by atoms with van der Waals surface area (Å²) in [5.41, 5.74) is 1.51. The number of halogens is 1. The highest BCUT2D eigenvalue weighted by molar-refractivity contribution is 7.13. The highest BCUT2D eigenvalue weighted by Crippen LogP contribution is 2.29. The van der Waals surface area contributed by atoms with E-state index in [1.54, 1.807) is 12.1 Å². The lowest BCUT2D eigenvalue weighted by atomic mass is 10.2. The second-order valence-corrected chi connectivity index (χ2v) is 6.56. The van der Waals surface area contributed by atoms with Crippen LogP contribution >= 0.6 is 11.3 Å². The van der Waals surface area contributed by atoms with E-state index in [2.05, 4.69) is 32.4 Å². The lowest BCUT2D eigenvalue weighted by molar-refractivity contribution is 0.190. The summed E-state index contributed by atoms with van der Waals surface area (Å²) in [5.74, 6) is 0.812. The molecule has 1 unspecified atom stereocenters. The van der Waals surface area contributed by atoms with Gasteiger partial charge in [-0.1, -0.05) is 5.16 Å². The number of nitrogens with one attached hydrogen (secondary N) is 1. The summed E-state index contributed by atoms with van der Waals surface area (Å²) in [6.07, 6.45) is 0. The summed E-state index contributed by atoms with van der Waals surface area (Å²) in [6.45, 7) is 2.71. The Morgan fingerprint density at radius 2 is 2.12 bits per heavy atom. The largest absolute Gasteiger partial charge is 0.332 e. The summed E-state index contributed by atoms with van der Waals surface area (Å²) in [6, 6.07) is 6.37. The van der Waals surface area contributed by atoms with Gasteiger partial charge in [-0.25, -0.2) is 9.37 Å². The van der Waals surface area contributed by atoms with Gasteiger partial charge in [0.05, 0.1) is 6.04 Å². The van der Waals surface area contributed by atoms with Crippen LogP contribution in [0.15, 0.2) is 34.2 Å². The number of hydrogen-bond acceptors (Lipinski definition) is 7. The average Bonchev–Trinajstić information content (AvgIpc) is 3.25. The molecule has 0 bridgehead atoms. The summed E-state index contributed by atoms with van der Waals surface area (Å²) in [5, 5.41) is 10.1. The maximum absolute atomic E-state index is 13.0. The Kier molecular flexibility index (Phi) is 4.09. The first kappa shape index (κ1) is 15.4. The summed E-state index contributed by atoms with van der Waals surface area (Å²) in [4.78, 5) is 11.2. The summed E-state index contributed by atoms with van der Waals surface area (Å²) < 4.78 is 18.4. The molecule has 0 aliphatic carbocycles. The van der Waals surface area contributed by atoms with Crippen LogP contribution in [0.1, 0.15) is 11.9 Å². The Balaban J connectivity index is 1.58. The predicted molar refractivity (Wildman–Crippen MR) is 89.0 cm³/mol. The standard InChI is InChI=1S/C16H16FN5OS/c1-22-7-6-18-8-13(22)14-20-15(23-21-14)12-9-24-16(19-12)10-2-4-11(17)5-3-10/h2-5,9,13,18H,6-8H2,1H3. The number of likely N-dealkylation sites (N-methyl/N-ethyl adjacent to an activating group) is 1. The van der Waals surface area contributed by atoms with Crippen molar-refractivity contribution in [3.8, 4) is 22.2 Å². The molecule has 4 rings (SSSR count). The van der Waals surface area contributed by atoms with E-state index in [1.165, 1.54) is 23.5 Å². The quantitative estimate of drug-likeness (QED) is 0.787. The third-order valence-electron chi connectivity index (χ3n) is 4.07. The van der Waals surface area contributed by atoms with Gasteiger partial charge in [0.1, 0.15) is 16.5 Å². The van der Waals surface area contributed by atoms with E-state index in [-0.39, 0.29) is 11.9 Å². The van der Waals surface area contributed by atoms with Crippen LogP contribution in [0.5, 0.6) is 0 Å². The Bertz CT molecular complexity index is 831. The van der Waals surface area contributed by atoms with E-state index in [0.717, 1.165) is 30.2 Å².